The largest absolute Gasteiger partial charge is 0.461 e. The number of benzene rings is 2. The highest BCUT2D eigenvalue weighted by Crippen LogP contribution is 2.29. The summed E-state index contributed by atoms with van der Waals surface area (Å²) < 4.78 is 20.2. The number of nitrogens with one attached hydrogen (secondary N) is 1. The van der Waals surface area contributed by atoms with Crippen LogP contribution in [0.1, 0.15) is 10.7 Å². The van der Waals surface area contributed by atoms with Crippen molar-refractivity contribution in [1.82, 2.24) is 19.5 Å². The van der Waals surface area contributed by atoms with Gasteiger partial charge in [0.25, 0.3) is 0 Å². The van der Waals surface area contributed by atoms with Gasteiger partial charge in [-0.3, -0.25) is 4.79 Å². The maximum Gasteiger partial charge on any atom is 0.228 e. The van der Waals surface area contributed by atoms with Crippen LogP contribution in [-0.4, -0.2) is 38.8 Å². The molecule has 0 unspecified atom stereocenters. The number of primary amides is 1. The normalized spacial score (nSPS) is 11.1. The molecule has 3 N–H and O–H groups in total. The van der Waals surface area contributed by atoms with E-state index in [0.29, 0.717) is 29.7 Å². The first-order valence-electron chi connectivity index (χ1n) is 11.7. The van der Waals surface area contributed by atoms with Gasteiger partial charge < -0.3 is 20.4 Å². The van der Waals surface area contributed by atoms with Crippen LogP contribution in [0.15, 0.2) is 66.3 Å². The first-order chi connectivity index (χ1) is 18.0. The first-order valence-corrected chi connectivity index (χ1v) is 12.6. The third-order valence-corrected chi connectivity index (χ3v) is 6.81. The molecule has 3 aromatic heterocycles. The van der Waals surface area contributed by atoms with Gasteiger partial charge in [0, 0.05) is 46.7 Å². The zero-order valence-electron chi connectivity index (χ0n) is 20.1. The summed E-state index contributed by atoms with van der Waals surface area (Å²) in [4.78, 5) is 24.4. The molecule has 0 radical (unpaired) electrons. The lowest BCUT2D eigenvalue weighted by Crippen LogP contribution is -2.13. The summed E-state index contributed by atoms with van der Waals surface area (Å²) in [6.07, 6.45) is 1.68. The summed E-state index contributed by atoms with van der Waals surface area (Å²) in [7, 11) is 0. The Morgan fingerprint density at radius 1 is 1.11 bits per heavy atom. The number of nitrogens with zero attached hydrogens (tertiary/aromatic N) is 4. The SMILES string of the molecule is Cc1cc2cccc(OCF)c2n1CCNc1cc(-c2ccc(-c3csc(CC(N)=O)n3)cc2)ncn1. The molecule has 0 saturated carbocycles. The number of carbonyl (C=O) groups excluding carboxylic acids is 1. The zero-order valence-corrected chi connectivity index (χ0v) is 21.0. The summed E-state index contributed by atoms with van der Waals surface area (Å²) in [5, 5.41) is 6.99. The maximum absolute atomic E-state index is 12.9. The molecular weight excluding hydrogens is 491 g/mol. The molecule has 1 amide bonds. The van der Waals surface area contributed by atoms with E-state index >= 15 is 0 Å². The zero-order chi connectivity index (χ0) is 25.8. The van der Waals surface area contributed by atoms with Gasteiger partial charge in [-0.15, -0.1) is 11.3 Å². The molecule has 3 heterocycles. The number of hydrogen-bond donors (Lipinski definition) is 2. The van der Waals surface area contributed by atoms with Gasteiger partial charge in [-0.25, -0.2) is 19.3 Å². The Morgan fingerprint density at radius 3 is 2.65 bits per heavy atom. The summed E-state index contributed by atoms with van der Waals surface area (Å²) in [5.41, 5.74) is 10.7. The maximum atomic E-state index is 12.9. The van der Waals surface area contributed by atoms with E-state index in [1.54, 1.807) is 6.07 Å². The van der Waals surface area contributed by atoms with E-state index in [1.807, 2.05) is 54.8 Å². The van der Waals surface area contributed by atoms with Crippen molar-refractivity contribution in [3.05, 3.63) is 77.0 Å². The van der Waals surface area contributed by atoms with Crippen molar-refractivity contribution < 1.29 is 13.9 Å². The number of halogens is 1. The number of aryl methyl sites for hydroxylation is 1. The molecule has 37 heavy (non-hydrogen) atoms. The molecule has 0 spiro atoms. The molecule has 0 saturated heterocycles. The number of amides is 1. The molecule has 0 atom stereocenters. The number of ether oxygens (including phenoxy) is 1. The fraction of sp³-hybridized carbons (Fsp3) is 0.185. The summed E-state index contributed by atoms with van der Waals surface area (Å²) in [6, 6.07) is 17.5. The van der Waals surface area contributed by atoms with Crippen LogP contribution in [-0.2, 0) is 17.8 Å². The van der Waals surface area contributed by atoms with Gasteiger partial charge in [0.1, 0.15) is 22.9 Å². The Bertz CT molecular complexity index is 1550. The standard InChI is InChI=1S/C27H25FN6O2S/c1-17-11-20-3-2-4-23(36-15-28)27(20)34(17)10-9-30-25-12-21(31-16-32-25)18-5-7-19(8-6-18)22-14-37-26(33-22)13-24(29)35/h2-8,11-12,14,16H,9-10,13,15H2,1H3,(H2,29,35)(H,30,31,32). The monoisotopic (exact) mass is 516 g/mol. The van der Waals surface area contributed by atoms with Crippen molar-refractivity contribution in [1.29, 1.82) is 0 Å². The van der Waals surface area contributed by atoms with Crippen LogP contribution in [0.3, 0.4) is 0 Å². The number of alkyl halides is 1. The lowest BCUT2D eigenvalue weighted by atomic mass is 10.1. The van der Waals surface area contributed by atoms with Crippen LogP contribution in [0, 0.1) is 6.92 Å². The molecule has 2 aromatic carbocycles. The van der Waals surface area contributed by atoms with Crippen LogP contribution < -0.4 is 15.8 Å². The molecule has 0 aliphatic heterocycles. The fourth-order valence-electron chi connectivity index (χ4n) is 4.28. The third kappa shape index (κ3) is 5.44. The minimum absolute atomic E-state index is 0.145. The van der Waals surface area contributed by atoms with E-state index in [9.17, 15) is 9.18 Å². The molecule has 0 aliphatic carbocycles. The third-order valence-electron chi connectivity index (χ3n) is 5.96. The average Bonchev–Trinajstić information content (AvgIpc) is 3.48. The van der Waals surface area contributed by atoms with Gasteiger partial charge in [0.2, 0.25) is 12.8 Å². The predicted molar refractivity (Wildman–Crippen MR) is 143 cm³/mol. The van der Waals surface area contributed by atoms with Gasteiger partial charge >= 0.3 is 0 Å². The van der Waals surface area contributed by atoms with E-state index in [1.165, 1.54) is 17.7 Å². The van der Waals surface area contributed by atoms with Crippen LogP contribution in [0.5, 0.6) is 5.75 Å². The summed E-state index contributed by atoms with van der Waals surface area (Å²) >= 11 is 1.42. The number of para-hydroxylation sites is 1. The molecular formula is C27H25FN6O2S. The minimum Gasteiger partial charge on any atom is -0.461 e. The van der Waals surface area contributed by atoms with E-state index in [4.69, 9.17) is 10.5 Å². The highest BCUT2D eigenvalue weighted by Gasteiger charge is 2.12. The van der Waals surface area contributed by atoms with E-state index in [-0.39, 0.29) is 6.42 Å². The Kier molecular flexibility index (Phi) is 7.09. The van der Waals surface area contributed by atoms with Crippen molar-refractivity contribution in [3.63, 3.8) is 0 Å². The predicted octanol–water partition coefficient (Wildman–Crippen LogP) is 4.98. The first kappa shape index (κ1) is 24.4. The van der Waals surface area contributed by atoms with Crippen LogP contribution in [0.2, 0.25) is 0 Å². The number of carbonyl (C=O) groups is 1. The van der Waals surface area contributed by atoms with Gasteiger partial charge in [0.15, 0.2) is 0 Å². The lowest BCUT2D eigenvalue weighted by Gasteiger charge is -2.13. The van der Waals surface area contributed by atoms with Gasteiger partial charge in [-0.1, -0.05) is 36.4 Å². The molecule has 10 heteroatoms. The number of aromatic nitrogens is 4. The van der Waals surface area contributed by atoms with Gasteiger partial charge in [-0.05, 0) is 19.1 Å². The van der Waals surface area contributed by atoms with Crippen LogP contribution in [0.4, 0.5) is 10.2 Å². The second kappa shape index (κ2) is 10.8. The number of fused-ring (bicyclic) bond motifs is 1. The summed E-state index contributed by atoms with van der Waals surface area (Å²) in [5.74, 6) is 0.846. The molecule has 0 fully saturated rings. The Balaban J connectivity index is 1.27. The van der Waals surface area contributed by atoms with Crippen molar-refractivity contribution in [2.24, 2.45) is 5.73 Å². The quantitative estimate of drug-likeness (QED) is 0.271. The Labute approximate surface area is 217 Å². The number of hydrogen-bond acceptors (Lipinski definition) is 7. The average molecular weight is 517 g/mol. The van der Waals surface area contributed by atoms with Gasteiger partial charge in [-0.2, -0.15) is 0 Å². The van der Waals surface area contributed by atoms with E-state index in [2.05, 4.69) is 30.9 Å². The van der Waals surface area contributed by atoms with Crippen LogP contribution >= 0.6 is 11.3 Å². The van der Waals surface area contributed by atoms with Crippen molar-refractivity contribution >= 4 is 34.0 Å². The van der Waals surface area contributed by atoms with E-state index < -0.39 is 12.8 Å². The molecule has 0 aliphatic rings. The Hall–Kier alpha value is -4.31. The second-order valence-electron chi connectivity index (χ2n) is 8.45. The molecule has 188 valence electrons. The van der Waals surface area contributed by atoms with Crippen molar-refractivity contribution in [2.75, 3.05) is 18.7 Å². The number of anilines is 1. The number of nitrogens with two attached hydrogens (primary N) is 1. The Morgan fingerprint density at radius 2 is 1.89 bits per heavy atom. The fourth-order valence-corrected chi connectivity index (χ4v) is 5.09. The molecule has 5 rings (SSSR count). The van der Waals surface area contributed by atoms with Crippen LogP contribution in [0.25, 0.3) is 33.4 Å². The van der Waals surface area contributed by atoms with Gasteiger partial charge in [0.05, 0.1) is 23.3 Å². The molecule has 8 nitrogen and oxygen atoms in total. The highest BCUT2D eigenvalue weighted by molar-refractivity contribution is 7.10. The highest BCUT2D eigenvalue weighted by atomic mass is 32.1. The topological polar surface area (TPSA) is 108 Å². The van der Waals surface area contributed by atoms with E-state index in [0.717, 1.165) is 39.1 Å². The van der Waals surface area contributed by atoms with Crippen molar-refractivity contribution in [3.8, 4) is 28.3 Å². The lowest BCUT2D eigenvalue weighted by molar-refractivity contribution is -0.117. The minimum atomic E-state index is -0.869. The number of rotatable bonds is 10. The number of thiazole rings is 1. The second-order valence-corrected chi connectivity index (χ2v) is 9.39. The molecule has 5 aromatic rings. The molecule has 0 bridgehead atoms. The smallest absolute Gasteiger partial charge is 0.228 e. The summed E-state index contributed by atoms with van der Waals surface area (Å²) in [6.45, 7) is 2.42. The van der Waals surface area contributed by atoms with Crippen molar-refractivity contribution in [2.45, 2.75) is 19.9 Å².